The number of benzene rings is 2. The third-order valence-electron chi connectivity index (χ3n) is 4.00. The Morgan fingerprint density at radius 3 is 2.22 bits per heavy atom. The molecule has 27 heavy (non-hydrogen) atoms. The van der Waals surface area contributed by atoms with Crippen molar-refractivity contribution in [1.82, 2.24) is 0 Å². The summed E-state index contributed by atoms with van der Waals surface area (Å²) in [6.45, 7) is 0.559. The lowest BCUT2D eigenvalue weighted by Crippen LogP contribution is -2.44. The summed E-state index contributed by atoms with van der Waals surface area (Å²) in [5, 5.41) is 11.8. The Bertz CT molecular complexity index is 802. The van der Waals surface area contributed by atoms with E-state index in [1.54, 1.807) is 43.5 Å². The summed E-state index contributed by atoms with van der Waals surface area (Å²) < 4.78 is 48.6. The van der Waals surface area contributed by atoms with E-state index in [-0.39, 0.29) is 5.69 Å². The smallest absolute Gasteiger partial charge is 0.417 e. The molecule has 1 amide bonds. The summed E-state index contributed by atoms with van der Waals surface area (Å²) in [7, 11) is 3.03. The van der Waals surface area contributed by atoms with Crippen molar-refractivity contribution in [3.05, 3.63) is 42.5 Å². The maximum absolute atomic E-state index is 12.7. The van der Waals surface area contributed by atoms with E-state index in [1.807, 2.05) is 0 Å². The number of alkyl halides is 3. The topological polar surface area (TPSA) is 67.8 Å². The van der Waals surface area contributed by atoms with E-state index < -0.39 is 24.1 Å². The first-order chi connectivity index (χ1) is 12.6. The summed E-state index contributed by atoms with van der Waals surface area (Å²) in [6.07, 6.45) is -6.01. The molecular formula is C19H20F3NO4. The van der Waals surface area contributed by atoms with Gasteiger partial charge >= 0.3 is 6.18 Å². The van der Waals surface area contributed by atoms with Crippen LogP contribution >= 0.6 is 0 Å². The summed E-state index contributed by atoms with van der Waals surface area (Å²) in [4.78, 5) is 11.9. The third kappa shape index (κ3) is 4.91. The molecule has 5 nitrogen and oxygen atoms in total. The van der Waals surface area contributed by atoms with Crippen LogP contribution in [0.1, 0.15) is 13.3 Å². The van der Waals surface area contributed by atoms with Crippen molar-refractivity contribution in [3.8, 4) is 22.6 Å². The molecule has 0 spiro atoms. The maximum atomic E-state index is 12.7. The van der Waals surface area contributed by atoms with Crippen molar-refractivity contribution in [2.24, 2.45) is 0 Å². The molecule has 1 atom stereocenters. The number of amides is 1. The quantitative estimate of drug-likeness (QED) is 0.791. The van der Waals surface area contributed by atoms with Crippen LogP contribution in [0.5, 0.6) is 11.5 Å². The molecule has 0 aliphatic carbocycles. The van der Waals surface area contributed by atoms with Gasteiger partial charge in [-0.05, 0) is 42.8 Å². The molecule has 0 aromatic heterocycles. The Morgan fingerprint density at radius 2 is 1.70 bits per heavy atom. The van der Waals surface area contributed by atoms with Gasteiger partial charge in [0.25, 0.3) is 0 Å². The molecule has 2 aromatic rings. The zero-order valence-corrected chi connectivity index (χ0v) is 15.1. The lowest BCUT2D eigenvalue weighted by Gasteiger charge is -2.25. The Hall–Kier alpha value is -2.74. The van der Waals surface area contributed by atoms with E-state index in [1.165, 1.54) is 13.2 Å². The fraction of sp³-hybridized carbons (Fsp3) is 0.316. The summed E-state index contributed by atoms with van der Waals surface area (Å²) >= 11 is 0. The Morgan fingerprint density at radius 1 is 1.07 bits per heavy atom. The largest absolute Gasteiger partial charge is 0.497 e. The van der Waals surface area contributed by atoms with Crippen molar-refractivity contribution in [2.45, 2.75) is 25.1 Å². The number of hydrogen-bond acceptors (Lipinski definition) is 4. The molecule has 0 saturated heterocycles. The van der Waals surface area contributed by atoms with Gasteiger partial charge in [-0.25, -0.2) is 0 Å². The molecule has 0 aliphatic heterocycles. The SMILES string of the molecule is COc1ccc(-c2cc(NC(=O)C[C@](C)(O)C(F)(F)F)ccc2OC)cc1. The van der Waals surface area contributed by atoms with Gasteiger partial charge in [-0.3, -0.25) is 4.79 Å². The molecular weight excluding hydrogens is 363 g/mol. The molecule has 146 valence electrons. The van der Waals surface area contributed by atoms with E-state index in [0.29, 0.717) is 24.0 Å². The maximum Gasteiger partial charge on any atom is 0.417 e. The number of carbonyl (C=O) groups is 1. The number of aliphatic hydroxyl groups is 1. The van der Waals surface area contributed by atoms with Crippen LogP contribution in [0, 0.1) is 0 Å². The van der Waals surface area contributed by atoms with E-state index in [0.717, 1.165) is 5.56 Å². The van der Waals surface area contributed by atoms with Crippen molar-refractivity contribution < 1.29 is 32.5 Å². The molecule has 8 heteroatoms. The number of hydrogen-bond donors (Lipinski definition) is 2. The second-order valence-electron chi connectivity index (χ2n) is 6.14. The molecule has 2 N–H and O–H groups in total. The minimum Gasteiger partial charge on any atom is -0.497 e. The zero-order chi connectivity index (χ0) is 20.2. The van der Waals surface area contributed by atoms with Crippen LogP contribution in [-0.4, -0.2) is 37.0 Å². The predicted octanol–water partition coefficient (Wildman–Crippen LogP) is 4.01. The average molecular weight is 383 g/mol. The predicted molar refractivity (Wildman–Crippen MR) is 94.9 cm³/mol. The number of methoxy groups -OCH3 is 2. The highest BCUT2D eigenvalue weighted by Crippen LogP contribution is 2.35. The van der Waals surface area contributed by atoms with Crippen LogP contribution in [0.4, 0.5) is 18.9 Å². The molecule has 0 bridgehead atoms. The number of halogens is 3. The molecule has 2 aromatic carbocycles. The molecule has 0 heterocycles. The third-order valence-corrected chi connectivity index (χ3v) is 4.00. The Balaban J connectivity index is 2.25. The fourth-order valence-corrected chi connectivity index (χ4v) is 2.40. The first-order valence-corrected chi connectivity index (χ1v) is 7.99. The number of ether oxygens (including phenoxy) is 2. The van der Waals surface area contributed by atoms with E-state index in [2.05, 4.69) is 5.32 Å². The van der Waals surface area contributed by atoms with Gasteiger partial charge in [-0.15, -0.1) is 0 Å². The van der Waals surface area contributed by atoms with E-state index in [4.69, 9.17) is 9.47 Å². The van der Waals surface area contributed by atoms with Crippen molar-refractivity contribution in [1.29, 1.82) is 0 Å². The monoisotopic (exact) mass is 383 g/mol. The van der Waals surface area contributed by atoms with Gasteiger partial charge in [0, 0.05) is 11.3 Å². The first kappa shape index (κ1) is 20.6. The van der Waals surface area contributed by atoms with Crippen LogP contribution in [0.25, 0.3) is 11.1 Å². The van der Waals surface area contributed by atoms with Crippen molar-refractivity contribution >= 4 is 11.6 Å². The number of carbonyl (C=O) groups excluding carboxylic acids is 1. The molecule has 0 fully saturated rings. The van der Waals surface area contributed by atoms with Crippen LogP contribution in [0.3, 0.4) is 0 Å². The van der Waals surface area contributed by atoms with Crippen molar-refractivity contribution in [2.75, 3.05) is 19.5 Å². The first-order valence-electron chi connectivity index (χ1n) is 7.99. The highest BCUT2D eigenvalue weighted by Gasteiger charge is 2.50. The van der Waals surface area contributed by atoms with Gasteiger partial charge in [0.2, 0.25) is 5.91 Å². The number of nitrogens with one attached hydrogen (secondary N) is 1. The standard InChI is InChI=1S/C19H20F3NO4/c1-18(25,19(20,21)22)11-17(24)23-13-6-9-16(27-3)15(10-13)12-4-7-14(26-2)8-5-12/h4-10,25H,11H2,1-3H3,(H,23,24)/t18-/m0/s1. The molecule has 2 rings (SSSR count). The Labute approximate surface area is 154 Å². The van der Waals surface area contributed by atoms with E-state index >= 15 is 0 Å². The number of anilines is 1. The highest BCUT2D eigenvalue weighted by atomic mass is 19.4. The van der Waals surface area contributed by atoms with Gasteiger partial charge in [0.15, 0.2) is 5.60 Å². The minimum atomic E-state index is -4.90. The van der Waals surface area contributed by atoms with Crippen LogP contribution < -0.4 is 14.8 Å². The lowest BCUT2D eigenvalue weighted by atomic mass is 10.0. The second kappa shape index (κ2) is 7.87. The lowest BCUT2D eigenvalue weighted by molar-refractivity contribution is -0.252. The van der Waals surface area contributed by atoms with Gasteiger partial charge in [0.05, 0.1) is 20.6 Å². The van der Waals surface area contributed by atoms with Crippen LogP contribution in [0.15, 0.2) is 42.5 Å². The minimum absolute atomic E-state index is 0.282. The van der Waals surface area contributed by atoms with Crippen LogP contribution in [-0.2, 0) is 4.79 Å². The van der Waals surface area contributed by atoms with Gasteiger partial charge < -0.3 is 19.9 Å². The van der Waals surface area contributed by atoms with Crippen molar-refractivity contribution in [3.63, 3.8) is 0 Å². The average Bonchev–Trinajstić information content (AvgIpc) is 2.60. The molecule has 0 radical (unpaired) electrons. The Kier molecular flexibility index (Phi) is 6.00. The summed E-state index contributed by atoms with van der Waals surface area (Å²) in [6, 6.07) is 11.8. The summed E-state index contributed by atoms with van der Waals surface area (Å²) in [5.41, 5.74) is -1.42. The summed E-state index contributed by atoms with van der Waals surface area (Å²) in [5.74, 6) is 0.236. The second-order valence-corrected chi connectivity index (χ2v) is 6.14. The van der Waals surface area contributed by atoms with E-state index in [9.17, 15) is 23.1 Å². The van der Waals surface area contributed by atoms with Gasteiger partial charge in [0.1, 0.15) is 11.5 Å². The normalized spacial score (nSPS) is 13.6. The fourth-order valence-electron chi connectivity index (χ4n) is 2.40. The van der Waals surface area contributed by atoms with Crippen LogP contribution in [0.2, 0.25) is 0 Å². The molecule has 0 aliphatic rings. The zero-order valence-electron chi connectivity index (χ0n) is 15.1. The molecule has 0 saturated carbocycles. The highest BCUT2D eigenvalue weighted by molar-refractivity contribution is 5.92. The van der Waals surface area contributed by atoms with Gasteiger partial charge in [-0.2, -0.15) is 13.2 Å². The van der Waals surface area contributed by atoms with Gasteiger partial charge in [-0.1, -0.05) is 12.1 Å². The molecule has 0 unspecified atom stereocenters. The number of rotatable bonds is 6.